The molecule has 0 bridgehead atoms. The van der Waals surface area contributed by atoms with Crippen molar-refractivity contribution in [1.82, 2.24) is 39.1 Å². The normalized spacial score (nSPS) is 12.4. The van der Waals surface area contributed by atoms with Gasteiger partial charge in [-0.3, -0.25) is 9.36 Å². The largest absolute Gasteiger partial charge is 0.480 e. The molecule has 0 unspecified atom stereocenters. The first-order valence-corrected chi connectivity index (χ1v) is 20.1. The van der Waals surface area contributed by atoms with E-state index in [2.05, 4.69) is 20.4 Å². The van der Waals surface area contributed by atoms with Gasteiger partial charge in [0.2, 0.25) is 11.8 Å². The lowest BCUT2D eigenvalue weighted by atomic mass is 10.1. The number of benzene rings is 3. The smallest absolute Gasteiger partial charge is 0.282 e. The standard InChI is InChI=1S/C26H27F3N4O2.C19H21F3N4O2/c1-4-32-15-19(26(31-32)34-3)12-21-14-23(25(28)29)30-33(21)24-11-10-20(27)13-22(24)17(2)35-16-18-8-6-5-7-9-18;1-4-25-10-12(19(24-25)28-3)7-14-9-16(18(21)22)23-26(14)17-6-5-13(20)8-15(17)11(2)27/h5-11,13-15,17,25H,4,12,16H2,1-3H3;5-6,8-11,18,27H,4,7H2,1-3H3/t17-;11-/m11/s1. The van der Waals surface area contributed by atoms with Gasteiger partial charge < -0.3 is 19.3 Å². The zero-order chi connectivity index (χ0) is 45.4. The second-order valence-electron chi connectivity index (χ2n) is 14.5. The number of aryl methyl sites for hydroxylation is 2. The summed E-state index contributed by atoms with van der Waals surface area (Å²) in [7, 11) is 3.00. The van der Waals surface area contributed by atoms with Gasteiger partial charge in [-0.15, -0.1) is 10.2 Å². The van der Waals surface area contributed by atoms with Crippen LogP contribution >= 0.6 is 0 Å². The van der Waals surface area contributed by atoms with Crippen LogP contribution in [-0.2, 0) is 37.3 Å². The van der Waals surface area contributed by atoms with Crippen molar-refractivity contribution in [2.45, 2.75) is 85.3 Å². The third kappa shape index (κ3) is 11.0. The van der Waals surface area contributed by atoms with E-state index in [0.29, 0.717) is 65.3 Å². The quantitative estimate of drug-likeness (QED) is 0.0899. The van der Waals surface area contributed by atoms with Gasteiger partial charge in [0.15, 0.2) is 0 Å². The predicted molar refractivity (Wildman–Crippen MR) is 222 cm³/mol. The molecule has 1 N–H and O–H groups in total. The number of alkyl halides is 4. The summed E-state index contributed by atoms with van der Waals surface area (Å²) in [5, 5.41) is 26.8. The fourth-order valence-corrected chi connectivity index (χ4v) is 6.94. The predicted octanol–water partition coefficient (Wildman–Crippen LogP) is 9.86. The summed E-state index contributed by atoms with van der Waals surface area (Å²) in [6, 6.07) is 20.2. The Labute approximate surface area is 360 Å². The molecule has 7 aromatic rings. The van der Waals surface area contributed by atoms with E-state index in [4.69, 9.17) is 14.2 Å². The van der Waals surface area contributed by atoms with Crippen LogP contribution in [0.25, 0.3) is 11.4 Å². The number of nitrogens with zero attached hydrogens (tertiary/aromatic N) is 8. The molecule has 18 heteroatoms. The maximum Gasteiger partial charge on any atom is 0.282 e. The Hall–Kier alpha value is -6.40. The number of rotatable bonds is 17. The van der Waals surface area contributed by atoms with Crippen LogP contribution in [0.1, 0.15) is 103 Å². The van der Waals surface area contributed by atoms with Gasteiger partial charge in [0.1, 0.15) is 23.0 Å². The number of halogens is 6. The van der Waals surface area contributed by atoms with Crippen LogP contribution in [0.3, 0.4) is 0 Å². The zero-order valence-corrected chi connectivity index (χ0v) is 35.5. The molecule has 0 saturated heterocycles. The maximum atomic E-state index is 14.3. The van der Waals surface area contributed by atoms with Crippen LogP contribution < -0.4 is 9.47 Å². The summed E-state index contributed by atoms with van der Waals surface area (Å²) in [6.45, 7) is 8.72. The van der Waals surface area contributed by atoms with Crippen molar-refractivity contribution >= 4 is 0 Å². The van der Waals surface area contributed by atoms with Crippen molar-refractivity contribution in [2.75, 3.05) is 14.2 Å². The molecule has 4 heterocycles. The van der Waals surface area contributed by atoms with E-state index in [0.717, 1.165) is 11.1 Å². The molecule has 0 aliphatic carbocycles. The van der Waals surface area contributed by atoms with Crippen molar-refractivity contribution in [2.24, 2.45) is 0 Å². The van der Waals surface area contributed by atoms with Crippen LogP contribution in [-0.4, -0.2) is 58.4 Å². The average molecular weight is 879 g/mol. The van der Waals surface area contributed by atoms with Gasteiger partial charge in [-0.1, -0.05) is 30.3 Å². The van der Waals surface area contributed by atoms with Crippen LogP contribution in [0, 0.1) is 11.6 Å². The second kappa shape index (κ2) is 20.6. The highest BCUT2D eigenvalue weighted by Crippen LogP contribution is 2.32. The molecule has 63 heavy (non-hydrogen) atoms. The minimum absolute atomic E-state index is 0.222. The minimum Gasteiger partial charge on any atom is -0.480 e. The Morgan fingerprint density at radius 1 is 0.619 bits per heavy atom. The molecule has 334 valence electrons. The number of methoxy groups -OCH3 is 2. The molecule has 0 radical (unpaired) electrons. The number of ether oxygens (including phenoxy) is 3. The number of hydrogen-bond acceptors (Lipinski definition) is 8. The molecule has 0 aliphatic heterocycles. The average Bonchev–Trinajstić information content (AvgIpc) is 4.09. The molecular formula is C45H48F6N8O4. The summed E-state index contributed by atoms with van der Waals surface area (Å²) >= 11 is 0. The number of aromatic nitrogens is 8. The first-order valence-electron chi connectivity index (χ1n) is 20.1. The molecule has 3 aromatic carbocycles. The molecule has 0 amide bonds. The van der Waals surface area contributed by atoms with E-state index < -0.39 is 42.4 Å². The van der Waals surface area contributed by atoms with Gasteiger partial charge in [0, 0.05) is 72.0 Å². The van der Waals surface area contributed by atoms with E-state index in [1.54, 1.807) is 22.5 Å². The maximum absolute atomic E-state index is 14.3. The Balaban J connectivity index is 0.000000215. The van der Waals surface area contributed by atoms with Crippen LogP contribution in [0.2, 0.25) is 0 Å². The Morgan fingerprint density at radius 2 is 1.08 bits per heavy atom. The van der Waals surface area contributed by atoms with Crippen LogP contribution in [0.15, 0.2) is 91.3 Å². The summed E-state index contributed by atoms with van der Waals surface area (Å²) in [5.74, 6) is -0.180. The first-order chi connectivity index (χ1) is 30.2. The van der Waals surface area contributed by atoms with E-state index >= 15 is 0 Å². The van der Waals surface area contributed by atoms with Crippen molar-refractivity contribution < 1.29 is 45.7 Å². The molecule has 4 aromatic heterocycles. The van der Waals surface area contributed by atoms with E-state index in [1.807, 2.05) is 50.4 Å². The number of hydrogen-bond donors (Lipinski definition) is 1. The van der Waals surface area contributed by atoms with Crippen LogP contribution in [0.4, 0.5) is 26.3 Å². The van der Waals surface area contributed by atoms with Gasteiger partial charge in [0.25, 0.3) is 12.9 Å². The van der Waals surface area contributed by atoms with Crippen LogP contribution in [0.5, 0.6) is 11.8 Å². The highest BCUT2D eigenvalue weighted by Gasteiger charge is 2.24. The Kier molecular flexibility index (Phi) is 15.1. The second-order valence-corrected chi connectivity index (χ2v) is 14.5. The SMILES string of the molecule is CCn1cc(Cc2cc(C(F)F)nn2-c2ccc(F)cc2[C@@H](C)O)c(OC)n1.CCn1cc(Cc2cc(C(F)F)nn2-c2ccc(F)cc2[C@@H](C)OCc2ccccc2)c(OC)n1. The Morgan fingerprint density at radius 3 is 1.51 bits per heavy atom. The Bertz CT molecular complexity index is 2590. The highest BCUT2D eigenvalue weighted by atomic mass is 19.3. The lowest BCUT2D eigenvalue weighted by molar-refractivity contribution is 0.0522. The van der Waals surface area contributed by atoms with E-state index in [-0.39, 0.29) is 24.1 Å². The molecule has 2 atom stereocenters. The number of aliphatic hydroxyl groups is 1. The topological polar surface area (TPSA) is 119 Å². The molecule has 0 aliphatic rings. The summed E-state index contributed by atoms with van der Waals surface area (Å²) in [6.07, 6.45) is -2.99. The summed E-state index contributed by atoms with van der Waals surface area (Å²) in [4.78, 5) is 0. The molecule has 0 fully saturated rings. The van der Waals surface area contributed by atoms with Gasteiger partial charge in [-0.05, 0) is 81.8 Å². The van der Waals surface area contributed by atoms with Crippen molar-refractivity contribution in [1.29, 1.82) is 0 Å². The van der Waals surface area contributed by atoms with Gasteiger partial charge in [0.05, 0.1) is 44.4 Å². The van der Waals surface area contributed by atoms with Crippen molar-refractivity contribution in [3.05, 3.63) is 153 Å². The third-order valence-corrected chi connectivity index (χ3v) is 10.1. The van der Waals surface area contributed by atoms with Gasteiger partial charge in [-0.25, -0.2) is 35.7 Å². The van der Waals surface area contributed by atoms with Crippen molar-refractivity contribution in [3.63, 3.8) is 0 Å². The molecule has 0 saturated carbocycles. The lowest BCUT2D eigenvalue weighted by Crippen LogP contribution is -2.10. The molecule has 12 nitrogen and oxygen atoms in total. The molecule has 0 spiro atoms. The van der Waals surface area contributed by atoms with Gasteiger partial charge >= 0.3 is 0 Å². The first kappa shape index (κ1) is 46.1. The highest BCUT2D eigenvalue weighted by molar-refractivity contribution is 5.46. The summed E-state index contributed by atoms with van der Waals surface area (Å²) < 4.78 is 105. The van der Waals surface area contributed by atoms with Gasteiger partial charge in [-0.2, -0.15) is 10.2 Å². The summed E-state index contributed by atoms with van der Waals surface area (Å²) in [5.41, 5.74) is 4.12. The fourth-order valence-electron chi connectivity index (χ4n) is 6.94. The van der Waals surface area contributed by atoms with Crippen molar-refractivity contribution in [3.8, 4) is 23.1 Å². The zero-order valence-electron chi connectivity index (χ0n) is 35.5. The third-order valence-electron chi connectivity index (χ3n) is 10.1. The number of aliphatic hydroxyl groups excluding tert-OH is 1. The molecular weight excluding hydrogens is 831 g/mol. The minimum atomic E-state index is -2.77. The monoisotopic (exact) mass is 878 g/mol. The molecule has 7 rings (SSSR count). The lowest BCUT2D eigenvalue weighted by Gasteiger charge is -2.19. The van der Waals surface area contributed by atoms with E-state index in [1.165, 1.54) is 79.0 Å². The fraction of sp³-hybridized carbons (Fsp3) is 0.333. The van der Waals surface area contributed by atoms with E-state index in [9.17, 15) is 31.4 Å².